The van der Waals surface area contributed by atoms with E-state index in [1.54, 1.807) is 66.0 Å². The number of aromatic nitrogens is 3. The minimum absolute atomic E-state index is 0.0221. The van der Waals surface area contributed by atoms with Gasteiger partial charge < -0.3 is 20.6 Å². The fourth-order valence-electron chi connectivity index (χ4n) is 5.50. The highest BCUT2D eigenvalue weighted by Crippen LogP contribution is 2.31. The van der Waals surface area contributed by atoms with E-state index in [1.165, 1.54) is 19.1 Å². The van der Waals surface area contributed by atoms with Crippen LogP contribution in [0.5, 0.6) is 0 Å². The summed E-state index contributed by atoms with van der Waals surface area (Å²) in [7, 11) is -3.97. The van der Waals surface area contributed by atoms with Crippen molar-refractivity contribution in [2.45, 2.75) is 49.6 Å². The first kappa shape index (κ1) is 33.1. The Morgan fingerprint density at radius 2 is 1.65 bits per heavy atom. The number of sulfonamides is 1. The summed E-state index contributed by atoms with van der Waals surface area (Å²) in [4.78, 5) is 29.0. The van der Waals surface area contributed by atoms with Crippen molar-refractivity contribution < 1.29 is 27.1 Å². The summed E-state index contributed by atoms with van der Waals surface area (Å²) in [5.74, 6) is -3.41. The number of hydrogen-bond acceptors (Lipinski definition) is 9. The zero-order valence-corrected chi connectivity index (χ0v) is 26.3. The Bertz CT molecular complexity index is 1750. The van der Waals surface area contributed by atoms with E-state index in [0.717, 1.165) is 41.5 Å². The second kappa shape index (κ2) is 14.0. The Morgan fingerprint density at radius 3 is 2.28 bits per heavy atom. The largest absolute Gasteiger partial charge is 0.480 e. The van der Waals surface area contributed by atoms with Crippen molar-refractivity contribution in [3.8, 4) is 0 Å². The Morgan fingerprint density at radius 1 is 0.957 bits per heavy atom. The first-order valence-corrected chi connectivity index (χ1v) is 16.6. The second-order valence-corrected chi connectivity index (χ2v) is 13.0. The lowest BCUT2D eigenvalue weighted by molar-refractivity contribution is -0.141. The molecule has 0 aliphatic carbocycles. The number of fused-ring (bicyclic) bond motifs is 1. The number of halogens is 2. The highest BCUT2D eigenvalue weighted by atomic mass is 32.2. The highest BCUT2D eigenvalue weighted by molar-refractivity contribution is 7.89. The van der Waals surface area contributed by atoms with Crippen molar-refractivity contribution in [2.75, 3.05) is 42.5 Å². The lowest BCUT2D eigenvalue weighted by atomic mass is 10.0. The van der Waals surface area contributed by atoms with Crippen molar-refractivity contribution in [1.82, 2.24) is 19.3 Å². The van der Waals surface area contributed by atoms with Crippen LogP contribution in [0.4, 0.5) is 20.3 Å². The molecule has 2 aromatic carbocycles. The number of carbonyl (C=O) groups is 1. The van der Waals surface area contributed by atoms with Gasteiger partial charge in [0, 0.05) is 63.1 Å². The number of rotatable bonds is 8. The molecule has 0 saturated carbocycles. The number of anilines is 2. The van der Waals surface area contributed by atoms with E-state index in [9.17, 15) is 27.1 Å². The number of carboxylic acid groups (broad SMARTS) is 1. The van der Waals surface area contributed by atoms with Gasteiger partial charge in [-0.15, -0.1) is 0 Å². The summed E-state index contributed by atoms with van der Waals surface area (Å²) in [6.45, 7) is 4.09. The molecule has 3 N–H and O–H groups in total. The molecule has 2 aliphatic rings. The fraction of sp³-hybridized carbons (Fsp3) is 0.375. The molecule has 0 unspecified atom stereocenters. The third-order valence-electron chi connectivity index (χ3n) is 8.24. The molecule has 4 aromatic rings. The molecule has 6 rings (SSSR count). The van der Waals surface area contributed by atoms with Gasteiger partial charge in [0.25, 0.3) is 5.92 Å². The van der Waals surface area contributed by atoms with Crippen LogP contribution in [0.15, 0.2) is 78.1 Å². The molecule has 0 amide bonds. The van der Waals surface area contributed by atoms with Gasteiger partial charge >= 0.3 is 5.97 Å². The van der Waals surface area contributed by atoms with E-state index in [4.69, 9.17) is 5.73 Å². The molecule has 11 nitrogen and oxygen atoms in total. The molecule has 2 aromatic heterocycles. The van der Waals surface area contributed by atoms with Crippen LogP contribution in [0, 0.1) is 0 Å². The van der Waals surface area contributed by atoms with Crippen molar-refractivity contribution in [3.05, 3.63) is 84.3 Å². The van der Waals surface area contributed by atoms with Gasteiger partial charge in [0.05, 0.1) is 22.8 Å². The number of alkyl halides is 2. The highest BCUT2D eigenvalue weighted by Gasteiger charge is 2.40. The minimum Gasteiger partial charge on any atom is -0.480 e. The summed E-state index contributed by atoms with van der Waals surface area (Å²) in [5, 5.41) is 9.86. The number of piperazine rings is 1. The summed E-state index contributed by atoms with van der Waals surface area (Å²) in [6.07, 6.45) is 6.86. The molecular weight excluding hydrogens is 616 g/mol. The van der Waals surface area contributed by atoms with E-state index in [-0.39, 0.29) is 30.0 Å². The van der Waals surface area contributed by atoms with Gasteiger partial charge in [-0.3, -0.25) is 9.78 Å². The first-order valence-electron chi connectivity index (χ1n) is 15.1. The molecule has 0 spiro atoms. The van der Waals surface area contributed by atoms with Gasteiger partial charge in [0.2, 0.25) is 10.0 Å². The average Bonchev–Trinajstić information content (AvgIpc) is 3.63. The number of benzene rings is 2. The zero-order chi connectivity index (χ0) is 32.9. The smallest absolute Gasteiger partial charge is 0.323 e. The summed E-state index contributed by atoms with van der Waals surface area (Å²) in [5.41, 5.74) is 8.54. The first-order chi connectivity index (χ1) is 22.0. The predicted molar refractivity (Wildman–Crippen MR) is 171 cm³/mol. The Kier molecular flexibility index (Phi) is 10.1. The van der Waals surface area contributed by atoms with Crippen LogP contribution in [0.25, 0.3) is 11.0 Å². The maximum atomic E-state index is 13.3. The van der Waals surface area contributed by atoms with E-state index in [1.807, 2.05) is 0 Å². The predicted octanol–water partition coefficient (Wildman–Crippen LogP) is 4.24. The molecular formula is C32H37F2N7O4S. The number of carboxylic acids is 1. The zero-order valence-electron chi connectivity index (χ0n) is 25.5. The lowest BCUT2D eigenvalue weighted by Gasteiger charge is -2.38. The van der Waals surface area contributed by atoms with E-state index in [2.05, 4.69) is 19.9 Å². The molecule has 2 aliphatic heterocycles. The maximum Gasteiger partial charge on any atom is 0.323 e. The molecule has 2 fully saturated rings. The van der Waals surface area contributed by atoms with Crippen molar-refractivity contribution in [3.63, 3.8) is 0 Å². The van der Waals surface area contributed by atoms with Gasteiger partial charge in [-0.25, -0.2) is 27.2 Å². The summed E-state index contributed by atoms with van der Waals surface area (Å²) in [6, 6.07) is 13.4. The van der Waals surface area contributed by atoms with E-state index < -0.39 is 28.0 Å². The molecule has 2 saturated heterocycles. The van der Waals surface area contributed by atoms with Crippen LogP contribution in [0.1, 0.15) is 37.3 Å². The standard InChI is InChI=1S/C22H24N6O4S.C10H13F2N/c29-22(30)20-15-27(21-14-24-19-13-23-8-7-18(19)25-21)11-12-28(20)33(31,32)17-5-3-16(4-6-17)26-9-1-2-10-26;1-2-10(11,12)9-5-3-8(7-13)4-6-9/h3-8,13-14,20H,1-2,9-12,15H2,(H,29,30);3-6H,2,7,13H2,1H3/t20-;/m1./s1. The topological polar surface area (TPSA) is 146 Å². The molecule has 4 heterocycles. The molecule has 46 heavy (non-hydrogen) atoms. The summed E-state index contributed by atoms with van der Waals surface area (Å²) < 4.78 is 54.0. The number of pyridine rings is 1. The lowest BCUT2D eigenvalue weighted by Crippen LogP contribution is -2.58. The van der Waals surface area contributed by atoms with Gasteiger partial charge in [-0.2, -0.15) is 4.31 Å². The number of aliphatic carboxylic acids is 1. The third-order valence-corrected chi connectivity index (χ3v) is 10.2. The molecule has 0 bridgehead atoms. The molecule has 14 heteroatoms. The van der Waals surface area contributed by atoms with Crippen molar-refractivity contribution in [1.29, 1.82) is 0 Å². The normalized spacial score (nSPS) is 17.5. The van der Waals surface area contributed by atoms with Crippen molar-refractivity contribution >= 4 is 38.5 Å². The Balaban J connectivity index is 0.000000270. The van der Waals surface area contributed by atoms with Crippen LogP contribution in [0.2, 0.25) is 0 Å². The van der Waals surface area contributed by atoms with Gasteiger partial charge in [-0.1, -0.05) is 31.2 Å². The fourth-order valence-corrected chi connectivity index (χ4v) is 7.06. The third kappa shape index (κ3) is 7.24. The second-order valence-electron chi connectivity index (χ2n) is 11.2. The van der Waals surface area contributed by atoms with Crippen LogP contribution in [-0.2, 0) is 27.3 Å². The Hall–Kier alpha value is -4.27. The van der Waals surface area contributed by atoms with Crippen LogP contribution >= 0.6 is 0 Å². The summed E-state index contributed by atoms with van der Waals surface area (Å²) >= 11 is 0. The van der Waals surface area contributed by atoms with Crippen molar-refractivity contribution in [2.24, 2.45) is 5.73 Å². The minimum atomic E-state index is -3.97. The monoisotopic (exact) mass is 653 g/mol. The van der Waals surface area contributed by atoms with Crippen LogP contribution in [0.3, 0.4) is 0 Å². The van der Waals surface area contributed by atoms with Gasteiger partial charge in [0.1, 0.15) is 17.4 Å². The number of nitrogens with zero attached hydrogens (tertiary/aromatic N) is 6. The number of nitrogens with two attached hydrogens (primary N) is 1. The van der Waals surface area contributed by atoms with Gasteiger partial charge in [0.15, 0.2) is 0 Å². The molecule has 1 atom stereocenters. The molecule has 244 valence electrons. The molecule has 0 radical (unpaired) electrons. The average molecular weight is 654 g/mol. The van der Waals surface area contributed by atoms with Crippen LogP contribution in [-0.4, -0.2) is 77.5 Å². The maximum absolute atomic E-state index is 13.3. The number of hydrogen-bond donors (Lipinski definition) is 2. The SMILES string of the molecule is CCC(F)(F)c1ccc(CN)cc1.O=C(O)[C@H]1CN(c2cnc3cnccc3n2)CCN1S(=O)(=O)c1ccc(N2CCCC2)cc1. The Labute approximate surface area is 266 Å². The van der Waals surface area contributed by atoms with E-state index >= 15 is 0 Å². The van der Waals surface area contributed by atoms with Crippen LogP contribution < -0.4 is 15.5 Å². The van der Waals surface area contributed by atoms with E-state index in [0.29, 0.717) is 29.9 Å². The quantitative estimate of drug-likeness (QED) is 0.283. The van der Waals surface area contributed by atoms with Gasteiger partial charge in [-0.05, 0) is 48.7 Å².